The van der Waals surface area contributed by atoms with Crippen molar-refractivity contribution in [1.29, 1.82) is 0 Å². The predicted molar refractivity (Wildman–Crippen MR) is 98.2 cm³/mol. The van der Waals surface area contributed by atoms with E-state index in [1.54, 1.807) is 6.07 Å². The van der Waals surface area contributed by atoms with Crippen molar-refractivity contribution >= 4 is 29.9 Å². The van der Waals surface area contributed by atoms with Gasteiger partial charge in [0.25, 0.3) is 0 Å². The van der Waals surface area contributed by atoms with Crippen LogP contribution in [0.2, 0.25) is 5.02 Å². The van der Waals surface area contributed by atoms with Gasteiger partial charge in [0.05, 0.1) is 18.1 Å². The molecule has 134 valence electrons. The molecule has 0 aliphatic carbocycles. The monoisotopic (exact) mass is 373 g/mol. The number of para-hydroxylation sites is 1. The van der Waals surface area contributed by atoms with E-state index in [1.165, 1.54) is 0 Å². The standard InChI is InChI=1S/C17H24ClN3O2.ClH/c18-15-3-1-2-4-16(15)23-12-6-17(22)21-9-5-14(13-21)20-10-7-19-8-11-20;/h1-4,14,19H,5-13H2;1H. The van der Waals surface area contributed by atoms with Gasteiger partial charge in [0.1, 0.15) is 5.75 Å². The van der Waals surface area contributed by atoms with Crippen molar-refractivity contribution in [3.05, 3.63) is 29.3 Å². The van der Waals surface area contributed by atoms with Gasteiger partial charge in [-0.15, -0.1) is 12.4 Å². The van der Waals surface area contributed by atoms with Crippen molar-refractivity contribution in [2.75, 3.05) is 45.9 Å². The number of hydrogen-bond acceptors (Lipinski definition) is 4. The first-order valence-electron chi connectivity index (χ1n) is 8.34. The summed E-state index contributed by atoms with van der Waals surface area (Å²) >= 11 is 6.04. The number of likely N-dealkylation sites (tertiary alicyclic amines) is 1. The summed E-state index contributed by atoms with van der Waals surface area (Å²) in [5.41, 5.74) is 0. The molecule has 2 heterocycles. The first-order valence-corrected chi connectivity index (χ1v) is 8.72. The number of nitrogens with zero attached hydrogens (tertiary/aromatic N) is 2. The number of piperazine rings is 1. The number of halogens is 2. The van der Waals surface area contributed by atoms with Crippen LogP contribution in [-0.2, 0) is 4.79 Å². The fraction of sp³-hybridized carbons (Fsp3) is 0.588. The average molecular weight is 374 g/mol. The zero-order chi connectivity index (χ0) is 16.1. The van der Waals surface area contributed by atoms with Gasteiger partial charge in [0, 0.05) is 45.3 Å². The van der Waals surface area contributed by atoms with E-state index in [1.807, 2.05) is 23.1 Å². The van der Waals surface area contributed by atoms with Crippen LogP contribution in [0.4, 0.5) is 0 Å². The summed E-state index contributed by atoms with van der Waals surface area (Å²) in [6.45, 7) is 6.36. The third-order valence-corrected chi connectivity index (χ3v) is 4.91. The summed E-state index contributed by atoms with van der Waals surface area (Å²) in [4.78, 5) is 16.8. The number of nitrogens with one attached hydrogen (secondary N) is 1. The Balaban J connectivity index is 0.00000208. The molecular weight excluding hydrogens is 349 g/mol. The highest BCUT2D eigenvalue weighted by atomic mass is 35.5. The smallest absolute Gasteiger partial charge is 0.226 e. The molecule has 24 heavy (non-hydrogen) atoms. The minimum atomic E-state index is 0. The highest BCUT2D eigenvalue weighted by Gasteiger charge is 2.30. The number of amides is 1. The third kappa shape index (κ3) is 4.99. The van der Waals surface area contributed by atoms with Gasteiger partial charge in [-0.05, 0) is 18.6 Å². The Bertz CT molecular complexity index is 538. The van der Waals surface area contributed by atoms with Gasteiger partial charge in [-0.3, -0.25) is 9.69 Å². The summed E-state index contributed by atoms with van der Waals surface area (Å²) in [5.74, 6) is 0.816. The molecule has 2 aliphatic rings. The van der Waals surface area contributed by atoms with Crippen LogP contribution in [0.15, 0.2) is 24.3 Å². The first kappa shape index (κ1) is 19.3. The largest absolute Gasteiger partial charge is 0.491 e. The Kier molecular flexibility index (Phi) is 7.62. The number of carbonyl (C=O) groups excluding carboxylic acids is 1. The Morgan fingerprint density at radius 3 is 2.75 bits per heavy atom. The number of ether oxygens (including phenoxy) is 1. The van der Waals surface area contributed by atoms with Crippen molar-refractivity contribution in [2.45, 2.75) is 18.9 Å². The van der Waals surface area contributed by atoms with E-state index in [9.17, 15) is 4.79 Å². The van der Waals surface area contributed by atoms with E-state index < -0.39 is 0 Å². The lowest BCUT2D eigenvalue weighted by Gasteiger charge is -2.32. The summed E-state index contributed by atoms with van der Waals surface area (Å²) in [6.07, 6.45) is 1.48. The van der Waals surface area contributed by atoms with E-state index >= 15 is 0 Å². The van der Waals surface area contributed by atoms with Gasteiger partial charge in [0.2, 0.25) is 5.91 Å². The molecule has 2 aliphatic heterocycles. The van der Waals surface area contributed by atoms with Crippen molar-refractivity contribution in [1.82, 2.24) is 15.1 Å². The van der Waals surface area contributed by atoms with E-state index in [4.69, 9.17) is 16.3 Å². The molecule has 1 aromatic carbocycles. The molecule has 2 saturated heterocycles. The van der Waals surface area contributed by atoms with Gasteiger partial charge in [-0.1, -0.05) is 23.7 Å². The minimum Gasteiger partial charge on any atom is -0.491 e. The molecule has 2 fully saturated rings. The SMILES string of the molecule is Cl.O=C(CCOc1ccccc1Cl)N1CCC(N2CCNCC2)C1. The summed E-state index contributed by atoms with van der Waals surface area (Å²) in [6, 6.07) is 7.87. The lowest BCUT2D eigenvalue weighted by molar-refractivity contribution is -0.130. The zero-order valence-electron chi connectivity index (χ0n) is 13.7. The molecule has 0 bridgehead atoms. The van der Waals surface area contributed by atoms with Crippen LogP contribution in [-0.4, -0.2) is 67.6 Å². The molecule has 1 amide bonds. The maximum absolute atomic E-state index is 12.3. The zero-order valence-corrected chi connectivity index (χ0v) is 15.3. The van der Waals surface area contributed by atoms with E-state index in [0.29, 0.717) is 29.8 Å². The lowest BCUT2D eigenvalue weighted by Crippen LogP contribution is -2.49. The molecular formula is C17H25Cl2N3O2. The topological polar surface area (TPSA) is 44.8 Å². The molecule has 0 spiro atoms. The Morgan fingerprint density at radius 1 is 1.25 bits per heavy atom. The maximum atomic E-state index is 12.3. The van der Waals surface area contributed by atoms with Crippen molar-refractivity contribution in [3.8, 4) is 5.75 Å². The third-order valence-electron chi connectivity index (χ3n) is 4.59. The second-order valence-electron chi connectivity index (χ2n) is 6.10. The van der Waals surface area contributed by atoms with Crippen LogP contribution in [0.3, 0.4) is 0 Å². The molecule has 7 heteroatoms. The highest BCUT2D eigenvalue weighted by Crippen LogP contribution is 2.23. The number of hydrogen-bond donors (Lipinski definition) is 1. The van der Waals surface area contributed by atoms with Gasteiger partial charge in [-0.25, -0.2) is 0 Å². The fourth-order valence-corrected chi connectivity index (χ4v) is 3.47. The first-order chi connectivity index (χ1) is 11.2. The van der Waals surface area contributed by atoms with Gasteiger partial charge < -0.3 is 15.0 Å². The highest BCUT2D eigenvalue weighted by molar-refractivity contribution is 6.32. The molecule has 1 atom stereocenters. The molecule has 0 aromatic heterocycles. The Hall–Kier alpha value is -1.01. The number of rotatable bonds is 5. The number of carbonyl (C=O) groups is 1. The van der Waals surface area contributed by atoms with Crippen molar-refractivity contribution in [3.63, 3.8) is 0 Å². The van der Waals surface area contributed by atoms with Crippen LogP contribution in [0.5, 0.6) is 5.75 Å². The summed E-state index contributed by atoms with van der Waals surface area (Å²) < 4.78 is 5.61. The average Bonchev–Trinajstić information content (AvgIpc) is 3.07. The van der Waals surface area contributed by atoms with Crippen LogP contribution >= 0.6 is 24.0 Å². The lowest BCUT2D eigenvalue weighted by atomic mass is 10.2. The molecule has 1 unspecified atom stereocenters. The van der Waals surface area contributed by atoms with Crippen molar-refractivity contribution in [2.24, 2.45) is 0 Å². The predicted octanol–water partition coefficient (Wildman–Crippen LogP) is 2.04. The molecule has 0 saturated carbocycles. The van der Waals surface area contributed by atoms with Gasteiger partial charge in [-0.2, -0.15) is 0 Å². The van der Waals surface area contributed by atoms with Crippen LogP contribution in [0, 0.1) is 0 Å². The molecule has 3 rings (SSSR count). The Morgan fingerprint density at radius 2 is 2.00 bits per heavy atom. The Labute approximate surface area is 154 Å². The van der Waals surface area contributed by atoms with Crippen molar-refractivity contribution < 1.29 is 9.53 Å². The van der Waals surface area contributed by atoms with Gasteiger partial charge in [0.15, 0.2) is 0 Å². The second-order valence-corrected chi connectivity index (χ2v) is 6.50. The second kappa shape index (κ2) is 9.47. The maximum Gasteiger partial charge on any atom is 0.226 e. The molecule has 0 radical (unpaired) electrons. The number of benzene rings is 1. The van der Waals surface area contributed by atoms with Crippen LogP contribution < -0.4 is 10.1 Å². The fourth-order valence-electron chi connectivity index (χ4n) is 3.28. The molecule has 1 N–H and O–H groups in total. The van der Waals surface area contributed by atoms with Crippen LogP contribution in [0.25, 0.3) is 0 Å². The molecule has 5 nitrogen and oxygen atoms in total. The van der Waals surface area contributed by atoms with E-state index in [2.05, 4.69) is 10.2 Å². The minimum absolute atomic E-state index is 0. The quantitative estimate of drug-likeness (QED) is 0.857. The van der Waals surface area contributed by atoms with Crippen LogP contribution in [0.1, 0.15) is 12.8 Å². The normalized spacial score (nSPS) is 21.4. The van der Waals surface area contributed by atoms with E-state index in [-0.39, 0.29) is 18.3 Å². The van der Waals surface area contributed by atoms with Gasteiger partial charge >= 0.3 is 0 Å². The van der Waals surface area contributed by atoms with E-state index in [0.717, 1.165) is 45.7 Å². The summed E-state index contributed by atoms with van der Waals surface area (Å²) in [7, 11) is 0. The summed E-state index contributed by atoms with van der Waals surface area (Å²) in [5, 5.41) is 3.95. The molecule has 1 aromatic rings.